The molecule has 0 bridgehead atoms. The zero-order valence-corrected chi connectivity index (χ0v) is 36.6. The van der Waals surface area contributed by atoms with Crippen molar-refractivity contribution >= 4 is 0 Å². The normalized spacial score (nSPS) is 58.4. The molecule has 15 unspecified atom stereocenters. The molecule has 348 valence electrons. The minimum Gasteiger partial charge on any atom is -0.394 e. The SMILES string of the molecule is CC1OC(OC2C(CO)OC(O[C@H]3CC[C@@]4(C)C(=CC[C@H]5[C@@H]6C[C@@H]7O[C@]8(CC[C@@H](C)CN8)[C@@H](C)[C@@H]7[C@@]6(C)CC[C@@H]54)C3)C(OC3OC(C)C(O)C(O)C3O)C2O)C(O)C(O)C1O. The van der Waals surface area contributed by atoms with E-state index in [1.54, 1.807) is 0 Å². The highest BCUT2D eigenvalue weighted by atomic mass is 16.8. The number of rotatable bonds is 7. The Balaban J connectivity index is 0.916. The summed E-state index contributed by atoms with van der Waals surface area (Å²) in [5.74, 6) is 3.43. The monoisotopic (exact) mass is 867 g/mol. The minimum absolute atomic E-state index is 0.00472. The predicted molar refractivity (Wildman–Crippen MR) is 215 cm³/mol. The summed E-state index contributed by atoms with van der Waals surface area (Å²) in [5, 5.41) is 89.8. The van der Waals surface area contributed by atoms with Crippen LogP contribution < -0.4 is 5.32 Å². The molecule has 16 nitrogen and oxygen atoms in total. The molecule has 3 saturated carbocycles. The zero-order valence-electron chi connectivity index (χ0n) is 36.6. The van der Waals surface area contributed by atoms with E-state index in [-0.39, 0.29) is 22.7 Å². The van der Waals surface area contributed by atoms with Gasteiger partial charge in [-0.3, -0.25) is 5.32 Å². The summed E-state index contributed by atoms with van der Waals surface area (Å²) < 4.78 is 43.7. The number of hydrogen-bond donors (Lipinski definition) is 9. The van der Waals surface area contributed by atoms with Crippen LogP contribution in [0.5, 0.6) is 0 Å². The third kappa shape index (κ3) is 7.42. The summed E-state index contributed by atoms with van der Waals surface area (Å²) in [6, 6.07) is 0. The summed E-state index contributed by atoms with van der Waals surface area (Å²) in [6.07, 6.45) is -9.93. The van der Waals surface area contributed by atoms with Crippen molar-refractivity contribution in [3.63, 3.8) is 0 Å². The maximum atomic E-state index is 12.0. The summed E-state index contributed by atoms with van der Waals surface area (Å²) in [4.78, 5) is 0. The van der Waals surface area contributed by atoms with Crippen molar-refractivity contribution in [3.8, 4) is 0 Å². The smallest absolute Gasteiger partial charge is 0.187 e. The largest absolute Gasteiger partial charge is 0.394 e. The van der Waals surface area contributed by atoms with Crippen LogP contribution >= 0.6 is 0 Å². The Bertz CT molecular complexity index is 1600. The van der Waals surface area contributed by atoms with Crippen molar-refractivity contribution in [1.29, 1.82) is 0 Å². The molecule has 0 aromatic rings. The van der Waals surface area contributed by atoms with Crippen molar-refractivity contribution in [2.75, 3.05) is 13.2 Å². The topological polar surface area (TPSA) is 238 Å². The predicted octanol–water partition coefficient (Wildman–Crippen LogP) is 0.815. The van der Waals surface area contributed by atoms with E-state index in [9.17, 15) is 40.9 Å². The second-order valence-corrected chi connectivity index (χ2v) is 21.2. The van der Waals surface area contributed by atoms with Gasteiger partial charge in [-0.15, -0.1) is 0 Å². The number of nitrogens with one attached hydrogen (secondary N) is 1. The van der Waals surface area contributed by atoms with Gasteiger partial charge in [-0.25, -0.2) is 0 Å². The molecular formula is C45H73NO15. The van der Waals surface area contributed by atoms with Gasteiger partial charge in [0.1, 0.15) is 66.8 Å². The van der Waals surface area contributed by atoms with Crippen LogP contribution in [0.2, 0.25) is 0 Å². The van der Waals surface area contributed by atoms with Crippen LogP contribution in [0.25, 0.3) is 0 Å². The second-order valence-electron chi connectivity index (χ2n) is 21.2. The van der Waals surface area contributed by atoms with Crippen LogP contribution in [0.4, 0.5) is 0 Å². The highest BCUT2D eigenvalue weighted by Gasteiger charge is 2.68. The fourth-order valence-corrected chi connectivity index (χ4v) is 14.2. The van der Waals surface area contributed by atoms with Crippen LogP contribution in [0.15, 0.2) is 11.6 Å². The molecule has 26 atom stereocenters. The zero-order chi connectivity index (χ0) is 43.5. The second kappa shape index (κ2) is 16.8. The molecule has 61 heavy (non-hydrogen) atoms. The van der Waals surface area contributed by atoms with Gasteiger partial charge >= 0.3 is 0 Å². The highest BCUT2D eigenvalue weighted by molar-refractivity contribution is 5.26. The lowest BCUT2D eigenvalue weighted by atomic mass is 9.47. The molecule has 9 aliphatic rings. The fourth-order valence-electron chi connectivity index (χ4n) is 14.2. The van der Waals surface area contributed by atoms with Gasteiger partial charge in [0.15, 0.2) is 18.9 Å². The van der Waals surface area contributed by atoms with E-state index in [0.717, 1.165) is 32.2 Å². The molecule has 0 radical (unpaired) electrons. The molecule has 0 amide bonds. The third-order valence-corrected chi connectivity index (χ3v) is 17.9. The Kier molecular flexibility index (Phi) is 12.4. The molecule has 8 fully saturated rings. The van der Waals surface area contributed by atoms with Crippen LogP contribution in [0.3, 0.4) is 0 Å². The molecule has 0 aromatic carbocycles. The van der Waals surface area contributed by atoms with Crippen LogP contribution in [-0.2, 0) is 33.2 Å². The van der Waals surface area contributed by atoms with E-state index in [1.165, 1.54) is 38.7 Å². The van der Waals surface area contributed by atoms with E-state index in [1.807, 2.05) is 0 Å². The summed E-state index contributed by atoms with van der Waals surface area (Å²) in [5.41, 5.74) is 1.41. The standard InChI is InChI=1S/C45H73NO15/c1-19-9-14-45(46-17-19)20(2)30-28(61-45)16-27-25-8-7-23-15-24(10-12-43(23,5)26(25)11-13-44(27,30)6)57-42-39(60-41-36(53)34(51)32(49)22(4)56-41)37(54)38(29(18-47)58-42)59-40-35(52)33(50)31(48)21(3)55-40/h7,19-22,24-42,46-54H,8-18H2,1-6H3/t19-,20+,21?,22?,24+,25-,26+,27+,28+,29?,30+,31?,32?,33?,34?,35?,36?,37?,38?,39?,40?,41?,42?,43+,44+,45-/m1/s1. The van der Waals surface area contributed by atoms with Crippen LogP contribution in [0, 0.1) is 46.3 Å². The molecule has 1 spiro atoms. The van der Waals surface area contributed by atoms with Gasteiger partial charge in [0.25, 0.3) is 0 Å². The molecule has 9 N–H and O–H groups in total. The first-order valence-electron chi connectivity index (χ1n) is 23.3. The third-order valence-electron chi connectivity index (χ3n) is 17.9. The molecule has 16 heteroatoms. The number of piperidine rings is 1. The number of hydrogen-bond acceptors (Lipinski definition) is 16. The minimum atomic E-state index is -1.70. The van der Waals surface area contributed by atoms with Crippen molar-refractivity contribution in [2.45, 2.75) is 209 Å². The van der Waals surface area contributed by atoms with E-state index in [0.29, 0.717) is 54.5 Å². The molecule has 5 aliphatic heterocycles. The van der Waals surface area contributed by atoms with Crippen molar-refractivity contribution in [1.82, 2.24) is 5.32 Å². The van der Waals surface area contributed by atoms with Gasteiger partial charge < -0.3 is 74.0 Å². The van der Waals surface area contributed by atoms with E-state index >= 15 is 0 Å². The van der Waals surface area contributed by atoms with Crippen molar-refractivity contribution in [3.05, 3.63) is 11.6 Å². The average molecular weight is 868 g/mol. The van der Waals surface area contributed by atoms with Gasteiger partial charge in [0, 0.05) is 12.5 Å². The first-order valence-corrected chi connectivity index (χ1v) is 23.3. The van der Waals surface area contributed by atoms with Gasteiger partial charge in [-0.1, -0.05) is 39.3 Å². The quantitative estimate of drug-likeness (QED) is 0.161. The van der Waals surface area contributed by atoms with E-state index < -0.39 is 98.7 Å². The van der Waals surface area contributed by atoms with Gasteiger partial charge in [-0.05, 0) is 112 Å². The molecule has 0 aromatic heterocycles. The van der Waals surface area contributed by atoms with Crippen LogP contribution in [-0.4, -0.2) is 164 Å². The Morgan fingerprint density at radius 3 is 1.98 bits per heavy atom. The van der Waals surface area contributed by atoms with Gasteiger partial charge in [0.2, 0.25) is 0 Å². The lowest BCUT2D eigenvalue weighted by Crippen LogP contribution is -2.66. The Labute approximate surface area is 359 Å². The maximum Gasteiger partial charge on any atom is 0.187 e. The summed E-state index contributed by atoms with van der Waals surface area (Å²) >= 11 is 0. The Morgan fingerprint density at radius 2 is 1.36 bits per heavy atom. The highest BCUT2D eigenvalue weighted by Crippen LogP contribution is 2.70. The number of allylic oxidation sites excluding steroid dienone is 1. The summed E-state index contributed by atoms with van der Waals surface area (Å²) in [7, 11) is 0. The Hall–Kier alpha value is -0.900. The van der Waals surface area contributed by atoms with E-state index in [4.69, 9.17) is 33.2 Å². The lowest BCUT2D eigenvalue weighted by Gasteiger charge is -2.59. The molecule has 9 rings (SSSR count). The molecule has 5 heterocycles. The first kappa shape index (κ1) is 45.3. The number of aliphatic hydroxyl groups excluding tert-OH is 8. The lowest BCUT2D eigenvalue weighted by molar-refractivity contribution is -0.388. The Morgan fingerprint density at radius 1 is 0.705 bits per heavy atom. The van der Waals surface area contributed by atoms with Crippen molar-refractivity contribution in [2.24, 2.45) is 46.3 Å². The summed E-state index contributed by atoms with van der Waals surface area (Å²) in [6.45, 7) is 13.2. The van der Waals surface area contributed by atoms with Gasteiger partial charge in [0.05, 0.1) is 31.0 Å². The van der Waals surface area contributed by atoms with E-state index in [2.05, 4.69) is 39.1 Å². The number of aliphatic hydroxyl groups is 8. The molecular weight excluding hydrogens is 794 g/mol. The maximum absolute atomic E-state index is 12.0. The average Bonchev–Trinajstić information content (AvgIpc) is 3.69. The number of ether oxygens (including phenoxy) is 7. The fraction of sp³-hybridized carbons (Fsp3) is 0.956. The van der Waals surface area contributed by atoms with Gasteiger partial charge in [-0.2, -0.15) is 0 Å². The molecule has 4 aliphatic carbocycles. The molecule has 5 saturated heterocycles. The first-order chi connectivity index (χ1) is 28.9. The van der Waals surface area contributed by atoms with Crippen molar-refractivity contribution < 1.29 is 74.0 Å². The number of fused-ring (bicyclic) bond motifs is 7. The van der Waals surface area contributed by atoms with Crippen LogP contribution in [0.1, 0.15) is 99.3 Å².